The molecule has 0 saturated carbocycles. The average Bonchev–Trinajstić information content (AvgIpc) is 2.90. The minimum atomic E-state index is -2.60. The largest absolute Gasteiger partial charge is 0.485 e. The highest BCUT2D eigenvalue weighted by atomic mass is 19.3. The van der Waals surface area contributed by atoms with E-state index in [9.17, 15) is 18.7 Å². The van der Waals surface area contributed by atoms with E-state index in [4.69, 9.17) is 4.74 Å². The van der Waals surface area contributed by atoms with Crippen LogP contribution in [0.1, 0.15) is 17.2 Å². The summed E-state index contributed by atoms with van der Waals surface area (Å²) >= 11 is 0. The van der Waals surface area contributed by atoms with Gasteiger partial charge in [0.2, 0.25) is 0 Å². The number of fused-ring (bicyclic) bond motifs is 1. The lowest BCUT2D eigenvalue weighted by Crippen LogP contribution is -2.36. The molecule has 2 aromatic carbocycles. The van der Waals surface area contributed by atoms with Crippen molar-refractivity contribution in [3.05, 3.63) is 59.7 Å². The number of rotatable bonds is 5. The minimum Gasteiger partial charge on any atom is -0.485 e. The first kappa shape index (κ1) is 17.2. The lowest BCUT2D eigenvalue weighted by Gasteiger charge is -2.19. The molecule has 0 aliphatic heterocycles. The standard InChI is InChI=1S/C18H18F2N2O3/c19-16(20)10-25-15-8-4-3-7-13(15)21-18(24)22-17-12-6-2-1-5-11(12)9-14(17)23/h1-8,14,16-17,23H,9-10H2,(H2,21,22,24)/t14-,17+/m1/s1. The van der Waals surface area contributed by atoms with Crippen LogP contribution in [0, 0.1) is 0 Å². The second kappa shape index (κ2) is 7.48. The fourth-order valence-corrected chi connectivity index (χ4v) is 2.90. The van der Waals surface area contributed by atoms with E-state index in [2.05, 4.69) is 10.6 Å². The van der Waals surface area contributed by atoms with E-state index < -0.39 is 31.2 Å². The number of carbonyl (C=O) groups excluding carboxylic acids is 1. The molecule has 0 unspecified atom stereocenters. The molecule has 0 fully saturated rings. The molecule has 0 bridgehead atoms. The van der Waals surface area contributed by atoms with Gasteiger partial charge in [-0.05, 0) is 23.3 Å². The van der Waals surface area contributed by atoms with Gasteiger partial charge in [-0.1, -0.05) is 36.4 Å². The number of alkyl halides is 2. The van der Waals surface area contributed by atoms with Crippen LogP contribution in [0.3, 0.4) is 0 Å². The number of hydrogen-bond acceptors (Lipinski definition) is 3. The first-order valence-corrected chi connectivity index (χ1v) is 7.88. The van der Waals surface area contributed by atoms with Crippen molar-refractivity contribution < 1.29 is 23.4 Å². The van der Waals surface area contributed by atoms with Crippen molar-refractivity contribution in [2.75, 3.05) is 11.9 Å². The van der Waals surface area contributed by atoms with Crippen molar-refractivity contribution in [2.45, 2.75) is 25.0 Å². The molecule has 132 valence electrons. The van der Waals surface area contributed by atoms with Gasteiger partial charge in [-0.2, -0.15) is 0 Å². The number of hydrogen-bond donors (Lipinski definition) is 3. The van der Waals surface area contributed by atoms with Crippen LogP contribution in [0.5, 0.6) is 5.75 Å². The zero-order valence-corrected chi connectivity index (χ0v) is 13.3. The molecule has 2 atom stereocenters. The Kier molecular flexibility index (Phi) is 5.14. The molecule has 0 saturated heterocycles. The van der Waals surface area contributed by atoms with Gasteiger partial charge in [-0.15, -0.1) is 0 Å². The summed E-state index contributed by atoms with van der Waals surface area (Å²) in [5.74, 6) is 0.158. The first-order chi connectivity index (χ1) is 12.0. The number of urea groups is 1. The number of aliphatic hydroxyl groups excluding tert-OH is 1. The predicted octanol–water partition coefficient (Wildman–Crippen LogP) is 3.11. The molecule has 0 spiro atoms. The Morgan fingerprint density at radius 3 is 2.72 bits per heavy atom. The Morgan fingerprint density at radius 2 is 1.92 bits per heavy atom. The molecular formula is C18H18F2N2O3. The highest BCUT2D eigenvalue weighted by Gasteiger charge is 2.31. The Hall–Kier alpha value is -2.67. The average molecular weight is 348 g/mol. The van der Waals surface area contributed by atoms with Crippen molar-refractivity contribution in [1.82, 2.24) is 5.32 Å². The zero-order chi connectivity index (χ0) is 17.8. The second-order valence-electron chi connectivity index (χ2n) is 5.74. The lowest BCUT2D eigenvalue weighted by molar-refractivity contribution is 0.0822. The summed E-state index contributed by atoms with van der Waals surface area (Å²) in [4.78, 5) is 12.3. The number of amides is 2. The van der Waals surface area contributed by atoms with Gasteiger partial charge in [-0.3, -0.25) is 0 Å². The van der Waals surface area contributed by atoms with Crippen molar-refractivity contribution >= 4 is 11.7 Å². The van der Waals surface area contributed by atoms with Crippen LogP contribution in [-0.2, 0) is 6.42 Å². The molecule has 1 aliphatic carbocycles. The fraction of sp³-hybridized carbons (Fsp3) is 0.278. The van der Waals surface area contributed by atoms with E-state index in [0.29, 0.717) is 6.42 Å². The fourth-order valence-electron chi connectivity index (χ4n) is 2.90. The minimum absolute atomic E-state index is 0.158. The van der Waals surface area contributed by atoms with Crippen molar-refractivity contribution in [1.29, 1.82) is 0 Å². The molecular weight excluding hydrogens is 330 g/mol. The maximum Gasteiger partial charge on any atom is 0.319 e. The van der Waals surface area contributed by atoms with Gasteiger partial charge < -0.3 is 20.5 Å². The highest BCUT2D eigenvalue weighted by Crippen LogP contribution is 2.31. The Morgan fingerprint density at radius 1 is 1.20 bits per heavy atom. The predicted molar refractivity (Wildman–Crippen MR) is 89.0 cm³/mol. The summed E-state index contributed by atoms with van der Waals surface area (Å²) < 4.78 is 29.6. The number of anilines is 1. The normalized spacial score (nSPS) is 18.7. The molecule has 0 aromatic heterocycles. The van der Waals surface area contributed by atoms with Crippen LogP contribution < -0.4 is 15.4 Å². The van der Waals surface area contributed by atoms with Gasteiger partial charge >= 0.3 is 6.03 Å². The molecule has 0 radical (unpaired) electrons. The van der Waals surface area contributed by atoms with Gasteiger partial charge in [0.1, 0.15) is 12.4 Å². The topological polar surface area (TPSA) is 70.6 Å². The summed E-state index contributed by atoms with van der Waals surface area (Å²) in [5, 5.41) is 15.5. The Labute approximate surface area is 143 Å². The van der Waals surface area contributed by atoms with Gasteiger partial charge in [0.25, 0.3) is 6.43 Å². The lowest BCUT2D eigenvalue weighted by atomic mass is 10.1. The maximum atomic E-state index is 12.3. The van der Waals surface area contributed by atoms with Crippen LogP contribution in [0.15, 0.2) is 48.5 Å². The van der Waals surface area contributed by atoms with Crippen LogP contribution in [-0.4, -0.2) is 30.3 Å². The quantitative estimate of drug-likeness (QED) is 0.778. The molecule has 1 aliphatic rings. The van der Waals surface area contributed by atoms with E-state index in [1.165, 1.54) is 6.07 Å². The highest BCUT2D eigenvalue weighted by molar-refractivity contribution is 5.91. The van der Waals surface area contributed by atoms with Gasteiger partial charge in [0.05, 0.1) is 17.8 Å². The number of aliphatic hydroxyl groups is 1. The van der Waals surface area contributed by atoms with E-state index in [1.807, 2.05) is 24.3 Å². The van der Waals surface area contributed by atoms with Gasteiger partial charge in [-0.25, -0.2) is 13.6 Å². The number of para-hydroxylation sites is 2. The van der Waals surface area contributed by atoms with Crippen LogP contribution in [0.2, 0.25) is 0 Å². The molecule has 7 heteroatoms. The summed E-state index contributed by atoms with van der Waals surface area (Å²) in [6.07, 6.45) is -2.85. The van der Waals surface area contributed by atoms with E-state index in [1.54, 1.807) is 18.2 Å². The summed E-state index contributed by atoms with van der Waals surface area (Å²) in [5.41, 5.74) is 2.13. The Balaban J connectivity index is 1.67. The van der Waals surface area contributed by atoms with Crippen LogP contribution in [0.4, 0.5) is 19.3 Å². The number of benzene rings is 2. The SMILES string of the molecule is O=C(Nc1ccccc1OCC(F)F)N[C@H]1c2ccccc2C[C@H]1O. The number of ether oxygens (including phenoxy) is 1. The Bertz CT molecular complexity index is 755. The summed E-state index contributed by atoms with van der Waals surface area (Å²) in [6, 6.07) is 12.8. The second-order valence-corrected chi connectivity index (χ2v) is 5.74. The molecule has 3 N–H and O–H groups in total. The van der Waals surface area contributed by atoms with E-state index >= 15 is 0 Å². The first-order valence-electron chi connectivity index (χ1n) is 7.88. The number of nitrogens with one attached hydrogen (secondary N) is 2. The molecule has 2 aromatic rings. The number of carbonyl (C=O) groups is 1. The summed E-state index contributed by atoms with van der Waals surface area (Å²) in [6.45, 7) is -0.755. The smallest absolute Gasteiger partial charge is 0.319 e. The van der Waals surface area contributed by atoms with Gasteiger partial charge in [0.15, 0.2) is 0 Å². The molecule has 0 heterocycles. The third-order valence-corrected chi connectivity index (χ3v) is 3.99. The van der Waals surface area contributed by atoms with Crippen LogP contribution in [0.25, 0.3) is 0 Å². The third-order valence-electron chi connectivity index (χ3n) is 3.99. The van der Waals surface area contributed by atoms with Crippen molar-refractivity contribution in [3.63, 3.8) is 0 Å². The van der Waals surface area contributed by atoms with Crippen molar-refractivity contribution in [3.8, 4) is 5.75 Å². The van der Waals surface area contributed by atoms with E-state index in [0.717, 1.165) is 11.1 Å². The maximum absolute atomic E-state index is 12.3. The number of halogens is 2. The molecule has 2 amide bonds. The molecule has 25 heavy (non-hydrogen) atoms. The van der Waals surface area contributed by atoms with Gasteiger partial charge in [0, 0.05) is 6.42 Å². The monoisotopic (exact) mass is 348 g/mol. The summed E-state index contributed by atoms with van der Waals surface area (Å²) in [7, 11) is 0. The zero-order valence-electron chi connectivity index (χ0n) is 13.3. The van der Waals surface area contributed by atoms with E-state index in [-0.39, 0.29) is 11.4 Å². The van der Waals surface area contributed by atoms with Crippen molar-refractivity contribution in [2.24, 2.45) is 0 Å². The third kappa shape index (κ3) is 4.06. The molecule has 5 nitrogen and oxygen atoms in total. The van der Waals surface area contributed by atoms with Crippen LogP contribution >= 0.6 is 0 Å². The molecule has 3 rings (SSSR count).